The second-order valence-electron chi connectivity index (χ2n) is 5.08. The summed E-state index contributed by atoms with van der Waals surface area (Å²) in [6.07, 6.45) is 5.90. The van der Waals surface area contributed by atoms with E-state index in [-0.39, 0.29) is 0 Å². The number of piperidine rings is 3. The van der Waals surface area contributed by atoms with Crippen molar-refractivity contribution in [3.8, 4) is 0 Å². The summed E-state index contributed by atoms with van der Waals surface area (Å²) < 4.78 is 0. The van der Waals surface area contributed by atoms with Crippen LogP contribution in [0.4, 0.5) is 0 Å². The van der Waals surface area contributed by atoms with Crippen molar-refractivity contribution in [3.05, 3.63) is 0 Å². The molecule has 0 aromatic rings. The van der Waals surface area contributed by atoms with Gasteiger partial charge < -0.3 is 5.32 Å². The van der Waals surface area contributed by atoms with Gasteiger partial charge in [-0.25, -0.2) is 0 Å². The number of fused-ring (bicyclic) bond motifs is 4. The van der Waals surface area contributed by atoms with Gasteiger partial charge in [-0.3, -0.25) is 4.90 Å². The van der Waals surface area contributed by atoms with Gasteiger partial charge in [-0.1, -0.05) is 6.42 Å². The smallest absolute Gasteiger partial charge is 0.0136 e. The molecule has 0 aliphatic carbocycles. The molecule has 0 saturated carbocycles. The van der Waals surface area contributed by atoms with E-state index < -0.39 is 0 Å². The molecule has 3 heterocycles. The van der Waals surface area contributed by atoms with E-state index in [1.165, 1.54) is 51.9 Å². The van der Waals surface area contributed by atoms with Gasteiger partial charge in [0.2, 0.25) is 0 Å². The highest BCUT2D eigenvalue weighted by Crippen LogP contribution is 2.34. The molecule has 2 nitrogen and oxygen atoms in total. The van der Waals surface area contributed by atoms with E-state index in [1.54, 1.807) is 0 Å². The average molecular weight is 180 g/mol. The quantitative estimate of drug-likeness (QED) is 0.600. The lowest BCUT2D eigenvalue weighted by molar-refractivity contribution is 0.0109. The fourth-order valence-corrected chi connectivity index (χ4v) is 3.61. The van der Waals surface area contributed by atoms with E-state index in [0.717, 1.165) is 17.9 Å². The van der Waals surface area contributed by atoms with Crippen LogP contribution in [0.25, 0.3) is 0 Å². The summed E-state index contributed by atoms with van der Waals surface area (Å²) in [5.74, 6) is 1.95. The van der Waals surface area contributed by atoms with Crippen LogP contribution in [0.15, 0.2) is 0 Å². The van der Waals surface area contributed by atoms with Crippen molar-refractivity contribution < 1.29 is 0 Å². The summed E-state index contributed by atoms with van der Waals surface area (Å²) in [6.45, 7) is 5.34. The third kappa shape index (κ3) is 1.40. The van der Waals surface area contributed by atoms with Crippen molar-refractivity contribution in [2.24, 2.45) is 11.8 Å². The number of hydrogen-bond donors (Lipinski definition) is 1. The van der Waals surface area contributed by atoms with Gasteiger partial charge in [0.1, 0.15) is 0 Å². The molecular weight excluding hydrogens is 160 g/mol. The third-order valence-corrected chi connectivity index (χ3v) is 4.18. The first-order valence-electron chi connectivity index (χ1n) is 5.88. The van der Waals surface area contributed by atoms with Crippen LogP contribution in [-0.4, -0.2) is 37.1 Å². The first-order valence-corrected chi connectivity index (χ1v) is 5.88. The Balaban J connectivity index is 1.77. The highest BCUT2D eigenvalue weighted by Gasteiger charge is 2.38. The zero-order chi connectivity index (χ0) is 8.67. The lowest BCUT2D eigenvalue weighted by Crippen LogP contribution is -2.58. The first-order chi connectivity index (χ1) is 6.43. The number of hydrogen-bond acceptors (Lipinski definition) is 2. The van der Waals surface area contributed by atoms with E-state index >= 15 is 0 Å². The maximum absolute atomic E-state index is 3.59. The van der Waals surface area contributed by atoms with Crippen LogP contribution < -0.4 is 5.32 Å². The van der Waals surface area contributed by atoms with Crippen molar-refractivity contribution in [3.63, 3.8) is 0 Å². The Kier molecular flexibility index (Phi) is 2.06. The Morgan fingerprint density at radius 3 is 3.15 bits per heavy atom. The predicted octanol–water partition coefficient (Wildman–Crippen LogP) is 1.08. The van der Waals surface area contributed by atoms with Gasteiger partial charge in [0, 0.05) is 12.6 Å². The minimum atomic E-state index is 0.942. The monoisotopic (exact) mass is 180 g/mol. The minimum absolute atomic E-state index is 0.942. The molecule has 1 N–H and O–H groups in total. The highest BCUT2D eigenvalue weighted by molar-refractivity contribution is 4.94. The van der Waals surface area contributed by atoms with E-state index in [1.807, 2.05) is 0 Å². The highest BCUT2D eigenvalue weighted by atomic mass is 15.2. The molecule has 3 aliphatic rings. The number of nitrogens with zero attached hydrogens (tertiary/aromatic N) is 1. The molecule has 3 saturated heterocycles. The van der Waals surface area contributed by atoms with Crippen LogP contribution in [0.5, 0.6) is 0 Å². The Morgan fingerprint density at radius 1 is 1.15 bits per heavy atom. The van der Waals surface area contributed by atoms with Gasteiger partial charge in [0.25, 0.3) is 0 Å². The minimum Gasteiger partial charge on any atom is -0.316 e. The van der Waals surface area contributed by atoms with Gasteiger partial charge in [-0.15, -0.1) is 0 Å². The molecule has 3 aliphatic heterocycles. The molecule has 0 radical (unpaired) electrons. The van der Waals surface area contributed by atoms with E-state index in [9.17, 15) is 0 Å². The molecule has 3 fully saturated rings. The molecular formula is C11H20N2. The van der Waals surface area contributed by atoms with Gasteiger partial charge in [-0.05, 0) is 50.7 Å². The summed E-state index contributed by atoms with van der Waals surface area (Å²) in [5, 5.41) is 3.59. The van der Waals surface area contributed by atoms with Gasteiger partial charge >= 0.3 is 0 Å². The van der Waals surface area contributed by atoms with Crippen molar-refractivity contribution in [1.82, 2.24) is 10.2 Å². The Hall–Kier alpha value is -0.0800. The normalized spacial score (nSPS) is 45.7. The van der Waals surface area contributed by atoms with E-state index in [2.05, 4.69) is 10.2 Å². The second-order valence-corrected chi connectivity index (χ2v) is 5.08. The van der Waals surface area contributed by atoms with Crippen LogP contribution in [0, 0.1) is 11.8 Å². The molecule has 0 spiro atoms. The summed E-state index contributed by atoms with van der Waals surface area (Å²) in [6, 6.07) is 0.942. The van der Waals surface area contributed by atoms with Crippen LogP contribution in [0.1, 0.15) is 25.7 Å². The first kappa shape index (κ1) is 8.25. The third-order valence-electron chi connectivity index (χ3n) is 4.18. The summed E-state index contributed by atoms with van der Waals surface area (Å²) >= 11 is 0. The maximum atomic E-state index is 3.59. The van der Waals surface area contributed by atoms with Crippen molar-refractivity contribution >= 4 is 0 Å². The van der Waals surface area contributed by atoms with E-state index in [0.29, 0.717) is 0 Å². The zero-order valence-electron chi connectivity index (χ0n) is 8.34. The van der Waals surface area contributed by atoms with Crippen LogP contribution in [0.2, 0.25) is 0 Å². The molecule has 74 valence electrons. The summed E-state index contributed by atoms with van der Waals surface area (Å²) in [5.41, 5.74) is 0. The van der Waals surface area contributed by atoms with Gasteiger partial charge in [0.15, 0.2) is 0 Å². The lowest BCUT2D eigenvalue weighted by Gasteiger charge is -2.50. The van der Waals surface area contributed by atoms with Crippen molar-refractivity contribution in [2.75, 3.05) is 26.2 Å². The fraction of sp³-hybridized carbons (Fsp3) is 1.00. The Morgan fingerprint density at radius 2 is 2.15 bits per heavy atom. The van der Waals surface area contributed by atoms with Gasteiger partial charge in [-0.2, -0.15) is 0 Å². The molecule has 3 atom stereocenters. The molecule has 13 heavy (non-hydrogen) atoms. The Bertz CT molecular complexity index is 189. The van der Waals surface area contributed by atoms with Crippen molar-refractivity contribution in [2.45, 2.75) is 31.7 Å². The van der Waals surface area contributed by atoms with Crippen LogP contribution in [0.3, 0.4) is 0 Å². The molecule has 0 aromatic carbocycles. The zero-order valence-corrected chi connectivity index (χ0v) is 8.34. The molecule has 0 unspecified atom stereocenters. The fourth-order valence-electron chi connectivity index (χ4n) is 3.61. The number of nitrogens with one attached hydrogen (secondary N) is 1. The molecule has 2 bridgehead atoms. The lowest BCUT2D eigenvalue weighted by atomic mass is 9.77. The largest absolute Gasteiger partial charge is 0.316 e. The maximum Gasteiger partial charge on any atom is 0.0136 e. The topological polar surface area (TPSA) is 15.3 Å². The Labute approximate surface area is 80.7 Å². The average Bonchev–Trinajstić information content (AvgIpc) is 2.18. The summed E-state index contributed by atoms with van der Waals surface area (Å²) in [4.78, 5) is 2.78. The molecule has 3 rings (SSSR count). The SMILES string of the molecule is C1CCN2C[C@@H]3CNC[C@@H](C3)[C@H]2C1. The molecule has 0 amide bonds. The molecule has 2 heteroatoms. The molecule has 0 aromatic heterocycles. The summed E-state index contributed by atoms with van der Waals surface area (Å²) in [7, 11) is 0. The van der Waals surface area contributed by atoms with Gasteiger partial charge in [0.05, 0.1) is 0 Å². The predicted molar refractivity (Wildman–Crippen MR) is 53.7 cm³/mol. The number of rotatable bonds is 0. The second kappa shape index (κ2) is 3.25. The standard InChI is InChI=1S/C11H20N2/c1-2-4-13-8-9-5-10(7-12-6-9)11(13)3-1/h9-12H,1-8H2/t9-,10+,11+/m0/s1. The van der Waals surface area contributed by atoms with Crippen LogP contribution >= 0.6 is 0 Å². The van der Waals surface area contributed by atoms with Crippen LogP contribution in [-0.2, 0) is 0 Å². The van der Waals surface area contributed by atoms with E-state index in [4.69, 9.17) is 0 Å². The van der Waals surface area contributed by atoms with Crippen molar-refractivity contribution in [1.29, 1.82) is 0 Å².